The number of furan rings is 1. The molecule has 152 valence electrons. The summed E-state index contributed by atoms with van der Waals surface area (Å²) in [6, 6.07) is 10.4. The van der Waals surface area contributed by atoms with Gasteiger partial charge < -0.3 is 15.3 Å². The minimum absolute atomic E-state index is 0.342. The van der Waals surface area contributed by atoms with Crippen molar-refractivity contribution in [3.8, 4) is 0 Å². The molecule has 0 bridgehead atoms. The Kier molecular flexibility index (Phi) is 6.07. The van der Waals surface area contributed by atoms with Crippen LogP contribution >= 0.6 is 11.8 Å². The molecule has 29 heavy (non-hydrogen) atoms. The topological polar surface area (TPSA) is 106 Å². The van der Waals surface area contributed by atoms with Gasteiger partial charge in [0.25, 0.3) is 5.91 Å². The number of primary amides is 1. The lowest BCUT2D eigenvalue weighted by Crippen LogP contribution is -2.60. The van der Waals surface area contributed by atoms with Crippen molar-refractivity contribution < 1.29 is 23.6 Å². The van der Waals surface area contributed by atoms with Crippen LogP contribution in [-0.4, -0.2) is 53.1 Å². The van der Waals surface area contributed by atoms with Gasteiger partial charge in [0.15, 0.2) is 6.04 Å². The Morgan fingerprint density at radius 3 is 2.66 bits per heavy atom. The van der Waals surface area contributed by atoms with Gasteiger partial charge in [-0.3, -0.25) is 9.78 Å². The largest absolute Gasteiger partial charge is 0.460 e. The smallest absolute Gasteiger partial charge is 0.350 e. The number of fused-ring (bicyclic) bond motifs is 1. The molecule has 2 heterocycles. The lowest BCUT2D eigenvalue weighted by molar-refractivity contribution is -0.825. The summed E-state index contributed by atoms with van der Waals surface area (Å²) in [7, 11) is 3.12. The lowest BCUT2D eigenvalue weighted by atomic mass is 10.1. The molecule has 0 aliphatic heterocycles. The van der Waals surface area contributed by atoms with Gasteiger partial charge in [-0.05, 0) is 37.3 Å². The van der Waals surface area contributed by atoms with Crippen LogP contribution in [0.2, 0.25) is 0 Å². The predicted octanol–water partition coefficient (Wildman–Crippen LogP) is 2.49. The molecule has 3 aromatic rings. The summed E-state index contributed by atoms with van der Waals surface area (Å²) >= 11 is 1.61. The molecule has 1 unspecified atom stereocenters. The summed E-state index contributed by atoms with van der Waals surface area (Å²) in [5.74, 6) is 0.0839. The number of carbonyl (C=O) groups excluding carboxylic acids is 2. The van der Waals surface area contributed by atoms with Crippen molar-refractivity contribution in [2.24, 2.45) is 5.73 Å². The maximum Gasteiger partial charge on any atom is 0.350 e. The van der Waals surface area contributed by atoms with Crippen LogP contribution in [0.3, 0.4) is 0 Å². The fraction of sp³-hybridized carbons (Fsp3) is 0.286. The Hall–Kier alpha value is -2.68. The molecule has 0 aliphatic carbocycles. The number of aryl methyl sites for hydroxylation is 1. The van der Waals surface area contributed by atoms with Crippen molar-refractivity contribution >= 4 is 34.5 Å². The number of nitrogens with zero attached hydrogens (tertiary/aromatic N) is 2. The van der Waals surface area contributed by atoms with E-state index in [-0.39, 0.29) is 5.91 Å². The van der Waals surface area contributed by atoms with Crippen LogP contribution in [0.25, 0.3) is 11.0 Å². The number of aliphatic hydroxyl groups is 1. The number of aliphatic hydroxyl groups excluding tert-OH is 1. The van der Waals surface area contributed by atoms with Crippen LogP contribution in [0.5, 0.6) is 0 Å². The first-order valence-electron chi connectivity index (χ1n) is 9.10. The molecule has 7 nitrogen and oxygen atoms in total. The van der Waals surface area contributed by atoms with Gasteiger partial charge in [0, 0.05) is 22.2 Å². The maximum absolute atomic E-state index is 13.3. The van der Waals surface area contributed by atoms with Gasteiger partial charge in [0.05, 0.1) is 19.8 Å². The Labute approximate surface area is 173 Å². The molecule has 0 aliphatic rings. The second-order valence-electron chi connectivity index (χ2n) is 7.25. The third-order valence-electron chi connectivity index (χ3n) is 4.97. The van der Waals surface area contributed by atoms with E-state index >= 15 is 0 Å². The first-order chi connectivity index (χ1) is 13.8. The highest BCUT2D eigenvalue weighted by Crippen LogP contribution is 2.33. The lowest BCUT2D eigenvalue weighted by Gasteiger charge is -2.32. The van der Waals surface area contributed by atoms with Crippen molar-refractivity contribution in [2.75, 3.05) is 20.7 Å². The summed E-state index contributed by atoms with van der Waals surface area (Å²) in [5.41, 5.74) is 7.34. The zero-order valence-electron chi connectivity index (χ0n) is 16.6. The number of rotatable bonds is 7. The van der Waals surface area contributed by atoms with Gasteiger partial charge >= 0.3 is 5.91 Å². The number of amides is 2. The van der Waals surface area contributed by atoms with Crippen LogP contribution in [-0.2, 0) is 10.5 Å². The van der Waals surface area contributed by atoms with Crippen molar-refractivity contribution in [2.45, 2.75) is 23.6 Å². The van der Waals surface area contributed by atoms with Crippen LogP contribution < -0.4 is 5.73 Å². The molecule has 0 fully saturated rings. The van der Waals surface area contributed by atoms with Crippen molar-refractivity contribution in [1.29, 1.82) is 0 Å². The van der Waals surface area contributed by atoms with Crippen LogP contribution in [0.15, 0.2) is 51.9 Å². The normalized spacial score (nSPS) is 12.8. The highest BCUT2D eigenvalue weighted by molar-refractivity contribution is 7.98. The van der Waals surface area contributed by atoms with Crippen molar-refractivity contribution in [1.82, 2.24) is 4.98 Å². The van der Waals surface area contributed by atoms with E-state index in [1.54, 1.807) is 39.0 Å². The average molecular weight is 415 g/mol. The van der Waals surface area contributed by atoms with E-state index in [4.69, 9.17) is 10.2 Å². The summed E-state index contributed by atoms with van der Waals surface area (Å²) in [6.07, 6.45) is 1.76. The summed E-state index contributed by atoms with van der Waals surface area (Å²) in [5, 5.41) is 10.3. The average Bonchev–Trinajstić information content (AvgIpc) is 3.01. The van der Waals surface area contributed by atoms with E-state index in [0.29, 0.717) is 28.0 Å². The summed E-state index contributed by atoms with van der Waals surface area (Å²) in [4.78, 5) is 30.4. The maximum atomic E-state index is 13.3. The van der Waals surface area contributed by atoms with E-state index in [0.717, 1.165) is 10.6 Å². The number of hydrogen-bond donors (Lipinski definition) is 2. The van der Waals surface area contributed by atoms with Crippen LogP contribution in [0.4, 0.5) is 0 Å². The Balaban J connectivity index is 1.96. The summed E-state index contributed by atoms with van der Waals surface area (Å²) < 4.78 is 5.38. The predicted molar refractivity (Wildman–Crippen MR) is 111 cm³/mol. The number of nitrogens with two attached hydrogens (primary N) is 1. The molecule has 3 N–H and O–H groups in total. The minimum atomic E-state index is -1.05. The van der Waals surface area contributed by atoms with Crippen molar-refractivity contribution in [3.63, 3.8) is 0 Å². The number of benzene rings is 1. The highest BCUT2D eigenvalue weighted by Gasteiger charge is 2.42. The quantitative estimate of drug-likeness (QED) is 0.454. The first-order valence-corrected chi connectivity index (χ1v) is 10.1. The minimum Gasteiger partial charge on any atom is -0.460 e. The molecule has 8 heteroatoms. The number of hydrogen-bond acceptors (Lipinski definition) is 6. The van der Waals surface area contributed by atoms with Crippen LogP contribution in [0, 0.1) is 6.92 Å². The molecule has 2 amide bonds. The Bertz CT molecular complexity index is 1050. The van der Waals surface area contributed by atoms with Crippen molar-refractivity contribution in [3.05, 3.63) is 59.6 Å². The number of pyridine rings is 1. The molecular weight excluding hydrogens is 390 g/mol. The summed E-state index contributed by atoms with van der Waals surface area (Å²) in [6.45, 7) is 1.19. The number of thioether (sulfide) groups is 1. The molecule has 0 saturated carbocycles. The van der Waals surface area contributed by atoms with Gasteiger partial charge in [-0.2, -0.15) is 0 Å². The standard InChI is InChI=1S/C21H23N3O4S/c1-13-19(21(27)24(2,3)17(11-25)20(22)26)16-10-15(7-8-18(16)28-13)29-12-14-6-4-5-9-23-14/h4-10,17,25H,11-12H2,1-3H3,(H-,22,26)/p+1. The SMILES string of the molecule is Cc1oc2ccc(SCc3ccccn3)cc2c1C(=O)[N+](C)(C)C(CO)C(N)=O. The Morgan fingerprint density at radius 1 is 1.28 bits per heavy atom. The Morgan fingerprint density at radius 2 is 2.03 bits per heavy atom. The molecule has 3 rings (SSSR count). The second kappa shape index (κ2) is 8.36. The molecule has 0 spiro atoms. The number of aromatic nitrogens is 1. The first kappa shape index (κ1) is 21.0. The van der Waals surface area contributed by atoms with E-state index in [1.807, 2.05) is 36.4 Å². The zero-order chi connectivity index (χ0) is 21.2. The van der Waals surface area contributed by atoms with E-state index in [1.165, 1.54) is 0 Å². The fourth-order valence-corrected chi connectivity index (χ4v) is 4.09. The van der Waals surface area contributed by atoms with E-state index in [2.05, 4.69) is 4.98 Å². The van der Waals surface area contributed by atoms with Gasteiger partial charge in [0.2, 0.25) is 0 Å². The van der Waals surface area contributed by atoms with Crippen LogP contribution in [0.1, 0.15) is 21.8 Å². The van der Waals surface area contributed by atoms with E-state index < -0.39 is 23.0 Å². The third kappa shape index (κ3) is 4.19. The van der Waals surface area contributed by atoms with Gasteiger partial charge in [0.1, 0.15) is 23.5 Å². The van der Waals surface area contributed by atoms with E-state index in [9.17, 15) is 14.7 Å². The molecule has 2 aromatic heterocycles. The molecule has 1 atom stereocenters. The molecule has 1 aromatic carbocycles. The zero-order valence-corrected chi connectivity index (χ0v) is 17.4. The number of likely N-dealkylation sites (N-methyl/N-ethyl adjacent to an activating group) is 1. The molecule has 0 saturated heterocycles. The van der Waals surface area contributed by atoms with Gasteiger partial charge in [-0.1, -0.05) is 6.07 Å². The van der Waals surface area contributed by atoms with Gasteiger partial charge in [-0.25, -0.2) is 9.28 Å². The molecular formula is C21H24N3O4S+. The molecule has 0 radical (unpaired) electrons. The number of carbonyl (C=O) groups is 2. The second-order valence-corrected chi connectivity index (χ2v) is 8.30. The monoisotopic (exact) mass is 414 g/mol. The number of quaternary nitrogens is 1. The fourth-order valence-electron chi connectivity index (χ4n) is 3.24. The van der Waals surface area contributed by atoms with Gasteiger partial charge in [-0.15, -0.1) is 11.8 Å². The third-order valence-corrected chi connectivity index (χ3v) is 5.99. The highest BCUT2D eigenvalue weighted by atomic mass is 32.2.